The van der Waals surface area contributed by atoms with E-state index in [-0.39, 0.29) is 5.41 Å². The van der Waals surface area contributed by atoms with Crippen LogP contribution in [0, 0.1) is 11.3 Å². The molecule has 0 radical (unpaired) electrons. The van der Waals surface area contributed by atoms with E-state index in [9.17, 15) is 0 Å². The Morgan fingerprint density at radius 1 is 1.36 bits per heavy atom. The Bertz CT molecular complexity index is 400. The number of aromatic nitrogens is 1. The first kappa shape index (κ1) is 11.7. The van der Waals surface area contributed by atoms with E-state index in [1.165, 1.54) is 0 Å². The van der Waals surface area contributed by atoms with Crippen LogP contribution in [0.5, 0.6) is 0 Å². The standard InChI is InChI=1S/C10H10Br2N2/c1-10(2,3)8-7(11)4-6(5-13)9(12)14-8/h4H,1-3H3. The molecule has 0 saturated heterocycles. The van der Waals surface area contributed by atoms with E-state index in [1.54, 1.807) is 6.07 Å². The van der Waals surface area contributed by atoms with E-state index in [4.69, 9.17) is 5.26 Å². The highest BCUT2D eigenvalue weighted by Gasteiger charge is 2.20. The molecule has 1 rings (SSSR count). The molecule has 4 heteroatoms. The molecule has 0 aliphatic rings. The van der Waals surface area contributed by atoms with E-state index in [0.717, 1.165) is 10.2 Å². The number of nitrogens with zero attached hydrogens (tertiary/aromatic N) is 2. The summed E-state index contributed by atoms with van der Waals surface area (Å²) in [6.45, 7) is 6.25. The average molecular weight is 318 g/mol. The van der Waals surface area contributed by atoms with Crippen molar-refractivity contribution in [2.75, 3.05) is 0 Å². The molecule has 0 aromatic carbocycles. The molecule has 0 aliphatic carbocycles. The van der Waals surface area contributed by atoms with Crippen molar-refractivity contribution in [3.05, 3.63) is 26.4 Å². The van der Waals surface area contributed by atoms with Crippen molar-refractivity contribution in [2.24, 2.45) is 0 Å². The molecule has 0 saturated carbocycles. The molecule has 74 valence electrons. The third-order valence-corrected chi connectivity index (χ3v) is 2.97. The predicted octanol–water partition coefficient (Wildman–Crippen LogP) is 3.78. The smallest absolute Gasteiger partial charge is 0.124 e. The second-order valence-corrected chi connectivity index (χ2v) is 5.62. The highest BCUT2D eigenvalue weighted by atomic mass is 79.9. The summed E-state index contributed by atoms with van der Waals surface area (Å²) in [5.74, 6) is 0. The monoisotopic (exact) mass is 316 g/mol. The number of pyridine rings is 1. The molecule has 1 aromatic rings. The van der Waals surface area contributed by atoms with Crippen LogP contribution >= 0.6 is 31.9 Å². The molecular weight excluding hydrogens is 308 g/mol. The predicted molar refractivity (Wildman–Crippen MR) is 63.1 cm³/mol. The second-order valence-electron chi connectivity index (χ2n) is 4.02. The lowest BCUT2D eigenvalue weighted by molar-refractivity contribution is 0.564. The maximum atomic E-state index is 8.80. The Hall–Kier alpha value is -0.400. The van der Waals surface area contributed by atoms with Crippen LogP contribution in [0.2, 0.25) is 0 Å². The molecule has 0 fully saturated rings. The van der Waals surface area contributed by atoms with E-state index in [0.29, 0.717) is 10.2 Å². The number of nitriles is 1. The Labute approximate surface area is 101 Å². The molecule has 0 atom stereocenters. The SMILES string of the molecule is CC(C)(C)c1nc(Br)c(C#N)cc1Br. The highest BCUT2D eigenvalue weighted by molar-refractivity contribution is 9.11. The minimum Gasteiger partial charge on any atom is -0.243 e. The minimum absolute atomic E-state index is 0.0324. The van der Waals surface area contributed by atoms with Crippen LogP contribution in [0.15, 0.2) is 15.1 Å². The Kier molecular flexibility index (Phi) is 3.33. The lowest BCUT2D eigenvalue weighted by atomic mass is 9.91. The summed E-state index contributed by atoms with van der Waals surface area (Å²) in [7, 11) is 0. The molecule has 0 aliphatic heterocycles. The van der Waals surface area contributed by atoms with Gasteiger partial charge in [0.15, 0.2) is 0 Å². The fourth-order valence-corrected chi connectivity index (χ4v) is 2.36. The van der Waals surface area contributed by atoms with E-state index >= 15 is 0 Å². The van der Waals surface area contributed by atoms with Gasteiger partial charge in [0.05, 0.1) is 11.3 Å². The van der Waals surface area contributed by atoms with Gasteiger partial charge < -0.3 is 0 Å². The first-order chi connectivity index (χ1) is 6.36. The third kappa shape index (κ3) is 2.34. The van der Waals surface area contributed by atoms with E-state index < -0.39 is 0 Å². The molecule has 0 amide bonds. The summed E-state index contributed by atoms with van der Waals surface area (Å²) in [6.07, 6.45) is 0. The van der Waals surface area contributed by atoms with Gasteiger partial charge in [-0.2, -0.15) is 5.26 Å². The molecule has 2 nitrogen and oxygen atoms in total. The molecule has 0 unspecified atom stereocenters. The first-order valence-electron chi connectivity index (χ1n) is 4.13. The van der Waals surface area contributed by atoms with E-state index in [1.807, 2.05) is 0 Å². The topological polar surface area (TPSA) is 36.7 Å². The fourth-order valence-electron chi connectivity index (χ4n) is 1.07. The van der Waals surface area contributed by atoms with Crippen molar-refractivity contribution in [3.63, 3.8) is 0 Å². The van der Waals surface area contributed by atoms with Gasteiger partial charge in [0.25, 0.3) is 0 Å². The Morgan fingerprint density at radius 3 is 2.36 bits per heavy atom. The zero-order valence-corrected chi connectivity index (χ0v) is 11.4. The van der Waals surface area contributed by atoms with Gasteiger partial charge in [-0.25, -0.2) is 4.98 Å². The Balaban J connectivity index is 3.38. The van der Waals surface area contributed by atoms with Crippen LogP contribution in [0.3, 0.4) is 0 Å². The molecule has 0 bridgehead atoms. The fraction of sp³-hybridized carbons (Fsp3) is 0.400. The lowest BCUT2D eigenvalue weighted by Crippen LogP contribution is -2.15. The van der Waals surface area contributed by atoms with Gasteiger partial charge in [0.1, 0.15) is 10.7 Å². The van der Waals surface area contributed by atoms with Crippen LogP contribution in [0.4, 0.5) is 0 Å². The zero-order chi connectivity index (χ0) is 10.9. The highest BCUT2D eigenvalue weighted by Crippen LogP contribution is 2.30. The van der Waals surface area contributed by atoms with Crippen molar-refractivity contribution in [1.29, 1.82) is 5.26 Å². The van der Waals surface area contributed by atoms with Gasteiger partial charge in [-0.15, -0.1) is 0 Å². The van der Waals surface area contributed by atoms with Crippen LogP contribution in [0.1, 0.15) is 32.0 Å². The number of rotatable bonds is 0. The molecule has 0 N–H and O–H groups in total. The minimum atomic E-state index is -0.0324. The molecule has 1 heterocycles. The maximum absolute atomic E-state index is 8.80. The summed E-state index contributed by atoms with van der Waals surface area (Å²) in [6, 6.07) is 3.86. The molecule has 0 spiro atoms. The van der Waals surface area contributed by atoms with Crippen molar-refractivity contribution in [2.45, 2.75) is 26.2 Å². The van der Waals surface area contributed by atoms with Gasteiger partial charge in [-0.1, -0.05) is 20.8 Å². The van der Waals surface area contributed by atoms with Gasteiger partial charge in [-0.05, 0) is 37.9 Å². The van der Waals surface area contributed by atoms with Gasteiger partial charge in [0.2, 0.25) is 0 Å². The number of hydrogen-bond acceptors (Lipinski definition) is 2. The quantitative estimate of drug-likeness (QED) is 0.683. The summed E-state index contributed by atoms with van der Waals surface area (Å²) in [4.78, 5) is 4.36. The Morgan fingerprint density at radius 2 is 1.93 bits per heavy atom. The summed E-state index contributed by atoms with van der Waals surface area (Å²) in [5.41, 5.74) is 1.46. The lowest BCUT2D eigenvalue weighted by Gasteiger charge is -2.19. The van der Waals surface area contributed by atoms with Crippen LogP contribution in [-0.4, -0.2) is 4.98 Å². The van der Waals surface area contributed by atoms with Crippen molar-refractivity contribution < 1.29 is 0 Å². The van der Waals surface area contributed by atoms with Gasteiger partial charge in [0, 0.05) is 9.89 Å². The number of halogens is 2. The normalized spacial score (nSPS) is 11.1. The summed E-state index contributed by atoms with van der Waals surface area (Å²) in [5, 5.41) is 8.80. The molecule has 1 aromatic heterocycles. The number of hydrogen-bond donors (Lipinski definition) is 0. The van der Waals surface area contributed by atoms with Crippen LogP contribution < -0.4 is 0 Å². The van der Waals surface area contributed by atoms with E-state index in [2.05, 4.69) is 63.7 Å². The largest absolute Gasteiger partial charge is 0.243 e. The zero-order valence-electron chi connectivity index (χ0n) is 8.23. The van der Waals surface area contributed by atoms with Gasteiger partial charge >= 0.3 is 0 Å². The van der Waals surface area contributed by atoms with Crippen molar-refractivity contribution >= 4 is 31.9 Å². The molecule has 14 heavy (non-hydrogen) atoms. The third-order valence-electron chi connectivity index (χ3n) is 1.76. The average Bonchev–Trinajstić information content (AvgIpc) is 2.06. The summed E-state index contributed by atoms with van der Waals surface area (Å²) >= 11 is 6.70. The first-order valence-corrected chi connectivity index (χ1v) is 5.71. The maximum Gasteiger partial charge on any atom is 0.124 e. The molecular formula is C10H10Br2N2. The van der Waals surface area contributed by atoms with Crippen molar-refractivity contribution in [3.8, 4) is 6.07 Å². The van der Waals surface area contributed by atoms with Crippen LogP contribution in [-0.2, 0) is 5.41 Å². The second kappa shape index (κ2) is 4.00. The van der Waals surface area contributed by atoms with Gasteiger partial charge in [-0.3, -0.25) is 0 Å². The summed E-state index contributed by atoms with van der Waals surface area (Å²) < 4.78 is 1.48. The van der Waals surface area contributed by atoms with Crippen molar-refractivity contribution in [1.82, 2.24) is 4.98 Å². The van der Waals surface area contributed by atoms with Crippen LogP contribution in [0.25, 0.3) is 0 Å².